The highest BCUT2D eigenvalue weighted by Gasteiger charge is 2.34. The molecule has 1 saturated heterocycles. The van der Waals surface area contributed by atoms with Gasteiger partial charge in [0.1, 0.15) is 12.6 Å². The molecule has 1 atom stereocenters. The summed E-state index contributed by atoms with van der Waals surface area (Å²) in [7, 11) is -7.88. The number of benzene rings is 2. The van der Waals surface area contributed by atoms with Crippen LogP contribution in [0.2, 0.25) is 0 Å². The van der Waals surface area contributed by atoms with Gasteiger partial charge in [-0.05, 0) is 42.7 Å². The van der Waals surface area contributed by atoms with Crippen molar-refractivity contribution in [2.24, 2.45) is 0 Å². The summed E-state index contributed by atoms with van der Waals surface area (Å²) in [4.78, 5) is 24.4. The van der Waals surface area contributed by atoms with Gasteiger partial charge in [0, 0.05) is 6.54 Å². The van der Waals surface area contributed by atoms with Gasteiger partial charge in [0.15, 0.2) is 0 Å². The van der Waals surface area contributed by atoms with Crippen molar-refractivity contribution in [1.29, 1.82) is 0 Å². The molecule has 34 heavy (non-hydrogen) atoms. The fourth-order valence-electron chi connectivity index (χ4n) is 3.46. The first-order valence-corrected chi connectivity index (χ1v) is 13.8. The summed E-state index contributed by atoms with van der Waals surface area (Å²) in [5.41, 5.74) is 0.900. The number of carbonyl (C=O) groups is 2. The van der Waals surface area contributed by atoms with Gasteiger partial charge in [-0.3, -0.25) is 9.59 Å². The first-order valence-electron chi connectivity index (χ1n) is 10.9. The third-order valence-corrected chi connectivity index (χ3v) is 8.12. The standard InChI is InChI=1S/C22H28N4O6S2/c1-2-3-7-14-23-22(28)20(24-33(29,30)19-8-5-4-6-9-19)15-17-10-12-18(13-11-17)26-16-21(27)25-34(26,31)32/h4-6,8-13,20,24H,2-3,7,14-16H2,1H3,(H,23,28)(H,25,27)/t20-/m0/s1. The largest absolute Gasteiger partial charge is 0.355 e. The first-order chi connectivity index (χ1) is 16.1. The van der Waals surface area contributed by atoms with E-state index in [1.165, 1.54) is 24.3 Å². The molecule has 1 aliphatic heterocycles. The Balaban J connectivity index is 1.78. The Hall–Kier alpha value is -2.96. The highest BCUT2D eigenvalue weighted by atomic mass is 32.2. The number of nitrogens with zero attached hydrogens (tertiary/aromatic N) is 1. The van der Waals surface area contributed by atoms with Crippen LogP contribution < -0.4 is 19.1 Å². The Bertz CT molecular complexity index is 1220. The average molecular weight is 509 g/mol. The summed E-state index contributed by atoms with van der Waals surface area (Å²) in [6.07, 6.45) is 2.76. The van der Waals surface area contributed by atoms with Gasteiger partial charge in [-0.2, -0.15) is 13.1 Å². The van der Waals surface area contributed by atoms with Crippen LogP contribution in [0.4, 0.5) is 5.69 Å². The quantitative estimate of drug-likeness (QED) is 0.388. The van der Waals surface area contributed by atoms with Gasteiger partial charge >= 0.3 is 10.2 Å². The number of carbonyl (C=O) groups excluding carboxylic acids is 2. The summed E-state index contributed by atoms with van der Waals surface area (Å²) >= 11 is 0. The molecular weight excluding hydrogens is 480 g/mol. The number of anilines is 1. The molecule has 1 fully saturated rings. The summed E-state index contributed by atoms with van der Waals surface area (Å²) < 4.78 is 55.1. The van der Waals surface area contributed by atoms with E-state index in [2.05, 4.69) is 10.0 Å². The van der Waals surface area contributed by atoms with Crippen LogP contribution in [-0.4, -0.2) is 47.8 Å². The fourth-order valence-corrected chi connectivity index (χ4v) is 5.83. The molecule has 0 bridgehead atoms. The van der Waals surface area contributed by atoms with E-state index < -0.39 is 38.1 Å². The average Bonchev–Trinajstić information content (AvgIpc) is 3.09. The molecule has 0 spiro atoms. The molecule has 1 aliphatic rings. The lowest BCUT2D eigenvalue weighted by atomic mass is 10.1. The minimum Gasteiger partial charge on any atom is -0.355 e. The van der Waals surface area contributed by atoms with Gasteiger partial charge in [-0.1, -0.05) is 50.1 Å². The minimum atomic E-state index is -3.95. The Labute approximate surface area is 200 Å². The van der Waals surface area contributed by atoms with Crippen LogP contribution >= 0.6 is 0 Å². The number of rotatable bonds is 11. The smallest absolute Gasteiger partial charge is 0.326 e. The van der Waals surface area contributed by atoms with Crippen molar-refractivity contribution in [1.82, 2.24) is 14.8 Å². The van der Waals surface area contributed by atoms with Crippen LogP contribution in [0.1, 0.15) is 31.7 Å². The Morgan fingerprint density at radius 3 is 2.35 bits per heavy atom. The number of sulfonamides is 1. The zero-order chi connectivity index (χ0) is 24.8. The fraction of sp³-hybridized carbons (Fsp3) is 0.364. The van der Waals surface area contributed by atoms with E-state index in [9.17, 15) is 26.4 Å². The van der Waals surface area contributed by atoms with E-state index in [1.807, 2.05) is 11.6 Å². The molecule has 1 heterocycles. The summed E-state index contributed by atoms with van der Waals surface area (Å²) in [6.45, 7) is 2.16. The van der Waals surface area contributed by atoms with Crippen LogP contribution in [0.5, 0.6) is 0 Å². The SMILES string of the molecule is CCCCCNC(=O)[C@H](Cc1ccc(N2CC(=O)NS2(=O)=O)cc1)NS(=O)(=O)c1ccccc1. The third kappa shape index (κ3) is 6.55. The lowest BCUT2D eigenvalue weighted by Crippen LogP contribution is -2.48. The van der Waals surface area contributed by atoms with Crippen molar-refractivity contribution in [3.63, 3.8) is 0 Å². The van der Waals surface area contributed by atoms with Crippen LogP contribution in [0.25, 0.3) is 0 Å². The molecule has 0 saturated carbocycles. The van der Waals surface area contributed by atoms with E-state index in [0.29, 0.717) is 12.1 Å². The Morgan fingerprint density at radius 2 is 1.76 bits per heavy atom. The van der Waals surface area contributed by atoms with Gasteiger partial charge in [0.05, 0.1) is 10.6 Å². The van der Waals surface area contributed by atoms with Crippen LogP contribution in [-0.2, 0) is 36.2 Å². The van der Waals surface area contributed by atoms with Gasteiger partial charge in [-0.15, -0.1) is 0 Å². The summed E-state index contributed by atoms with van der Waals surface area (Å²) in [6, 6.07) is 12.9. The first kappa shape index (κ1) is 25.7. The van der Waals surface area contributed by atoms with Crippen molar-refractivity contribution in [2.75, 3.05) is 17.4 Å². The molecule has 0 unspecified atom stereocenters. The molecule has 0 aromatic heterocycles. The summed E-state index contributed by atoms with van der Waals surface area (Å²) in [5, 5.41) is 2.78. The lowest BCUT2D eigenvalue weighted by molar-refractivity contribution is -0.122. The number of hydrogen-bond acceptors (Lipinski definition) is 6. The van der Waals surface area contributed by atoms with Crippen molar-refractivity contribution in [3.8, 4) is 0 Å². The van der Waals surface area contributed by atoms with E-state index in [1.54, 1.807) is 30.3 Å². The van der Waals surface area contributed by atoms with Crippen LogP contribution in [0.3, 0.4) is 0 Å². The monoisotopic (exact) mass is 508 g/mol. The zero-order valence-electron chi connectivity index (χ0n) is 18.7. The summed E-state index contributed by atoms with van der Waals surface area (Å²) in [5.74, 6) is -1.07. The second-order valence-corrected chi connectivity index (χ2v) is 11.2. The van der Waals surface area contributed by atoms with E-state index in [0.717, 1.165) is 23.6 Å². The predicted molar refractivity (Wildman–Crippen MR) is 128 cm³/mol. The van der Waals surface area contributed by atoms with Crippen LogP contribution in [0.15, 0.2) is 59.5 Å². The van der Waals surface area contributed by atoms with Gasteiger partial charge in [-0.25, -0.2) is 17.4 Å². The van der Waals surface area contributed by atoms with Crippen molar-refractivity contribution in [2.45, 2.75) is 43.5 Å². The van der Waals surface area contributed by atoms with Gasteiger partial charge in [0.2, 0.25) is 15.9 Å². The molecule has 12 heteroatoms. The van der Waals surface area contributed by atoms with Crippen molar-refractivity contribution >= 4 is 37.7 Å². The molecule has 0 radical (unpaired) electrons. The molecular formula is C22H28N4O6S2. The number of hydrogen-bond donors (Lipinski definition) is 3. The van der Waals surface area contributed by atoms with E-state index >= 15 is 0 Å². The molecule has 2 amide bonds. The van der Waals surface area contributed by atoms with E-state index in [-0.39, 0.29) is 23.5 Å². The molecule has 2 aromatic rings. The van der Waals surface area contributed by atoms with Crippen LogP contribution in [0, 0.1) is 0 Å². The predicted octanol–water partition coefficient (Wildman–Crippen LogP) is 1.06. The van der Waals surface area contributed by atoms with Gasteiger partial charge < -0.3 is 5.32 Å². The third-order valence-electron chi connectivity index (χ3n) is 5.23. The second kappa shape index (κ2) is 11.0. The molecule has 184 valence electrons. The zero-order valence-corrected chi connectivity index (χ0v) is 20.4. The normalized spacial score (nSPS) is 16.1. The molecule has 10 nitrogen and oxygen atoms in total. The maximum Gasteiger partial charge on any atom is 0.326 e. The number of unbranched alkanes of at least 4 members (excludes halogenated alkanes) is 2. The van der Waals surface area contributed by atoms with Crippen molar-refractivity contribution < 1.29 is 26.4 Å². The minimum absolute atomic E-state index is 0.0468. The number of nitrogens with one attached hydrogen (secondary N) is 3. The van der Waals surface area contributed by atoms with Gasteiger partial charge in [0.25, 0.3) is 5.91 Å². The Kier molecular flexibility index (Phi) is 8.28. The van der Waals surface area contributed by atoms with Crippen molar-refractivity contribution in [3.05, 3.63) is 60.2 Å². The lowest BCUT2D eigenvalue weighted by Gasteiger charge is -2.20. The maximum atomic E-state index is 12.8. The van der Waals surface area contributed by atoms with E-state index in [4.69, 9.17) is 0 Å². The molecule has 2 aromatic carbocycles. The molecule has 3 N–H and O–H groups in total. The molecule has 0 aliphatic carbocycles. The topological polar surface area (TPSA) is 142 Å². The molecule has 3 rings (SSSR count). The number of amides is 2. The highest BCUT2D eigenvalue weighted by Crippen LogP contribution is 2.21. The highest BCUT2D eigenvalue weighted by molar-refractivity contribution is 7.92. The Morgan fingerprint density at radius 1 is 1.09 bits per heavy atom. The maximum absolute atomic E-state index is 12.8. The second-order valence-electron chi connectivity index (χ2n) is 7.89.